The van der Waals surface area contributed by atoms with Crippen LogP contribution in [0.5, 0.6) is 5.75 Å². The van der Waals surface area contributed by atoms with E-state index in [1.165, 1.54) is 0 Å². The number of rotatable bonds is 5. The SMILES string of the molecule is COc1cccc([C@H](C)NC(=O)[C@H](N)C(C)C)c1. The van der Waals surface area contributed by atoms with E-state index in [9.17, 15) is 4.79 Å². The summed E-state index contributed by atoms with van der Waals surface area (Å²) in [5, 5.41) is 2.91. The fourth-order valence-electron chi connectivity index (χ4n) is 1.61. The predicted octanol–water partition coefficient (Wildman–Crippen LogP) is 1.86. The van der Waals surface area contributed by atoms with Crippen LogP contribution in [0.1, 0.15) is 32.4 Å². The van der Waals surface area contributed by atoms with Crippen LogP contribution in [-0.2, 0) is 4.79 Å². The smallest absolute Gasteiger partial charge is 0.237 e. The monoisotopic (exact) mass is 250 g/mol. The molecule has 0 radical (unpaired) electrons. The van der Waals surface area contributed by atoms with Crippen molar-refractivity contribution in [1.82, 2.24) is 5.32 Å². The van der Waals surface area contributed by atoms with Crippen LogP contribution in [0, 0.1) is 5.92 Å². The van der Waals surface area contributed by atoms with E-state index in [2.05, 4.69) is 5.32 Å². The zero-order valence-corrected chi connectivity index (χ0v) is 11.4. The van der Waals surface area contributed by atoms with Gasteiger partial charge in [0, 0.05) is 0 Å². The van der Waals surface area contributed by atoms with Gasteiger partial charge in [0.1, 0.15) is 5.75 Å². The highest BCUT2D eigenvalue weighted by molar-refractivity contribution is 5.82. The topological polar surface area (TPSA) is 64.3 Å². The van der Waals surface area contributed by atoms with Crippen LogP contribution in [0.2, 0.25) is 0 Å². The van der Waals surface area contributed by atoms with Gasteiger partial charge in [-0.2, -0.15) is 0 Å². The van der Waals surface area contributed by atoms with Gasteiger partial charge in [-0.1, -0.05) is 26.0 Å². The van der Waals surface area contributed by atoms with Crippen molar-refractivity contribution in [3.8, 4) is 5.75 Å². The largest absolute Gasteiger partial charge is 0.497 e. The fourth-order valence-corrected chi connectivity index (χ4v) is 1.61. The third-order valence-electron chi connectivity index (χ3n) is 2.97. The van der Waals surface area contributed by atoms with Crippen molar-refractivity contribution in [3.05, 3.63) is 29.8 Å². The molecule has 0 fully saturated rings. The molecule has 1 aromatic rings. The van der Waals surface area contributed by atoms with Gasteiger partial charge < -0.3 is 15.8 Å². The maximum absolute atomic E-state index is 11.9. The van der Waals surface area contributed by atoms with E-state index in [1.54, 1.807) is 7.11 Å². The molecule has 0 saturated carbocycles. The number of nitrogens with two attached hydrogens (primary N) is 1. The Morgan fingerprint density at radius 2 is 2.00 bits per heavy atom. The lowest BCUT2D eigenvalue weighted by Gasteiger charge is -2.20. The quantitative estimate of drug-likeness (QED) is 0.838. The van der Waals surface area contributed by atoms with Crippen LogP contribution < -0.4 is 15.8 Å². The summed E-state index contributed by atoms with van der Waals surface area (Å²) < 4.78 is 5.16. The molecule has 0 saturated heterocycles. The number of hydrogen-bond acceptors (Lipinski definition) is 3. The van der Waals surface area contributed by atoms with Gasteiger partial charge in [0.25, 0.3) is 0 Å². The van der Waals surface area contributed by atoms with E-state index < -0.39 is 6.04 Å². The number of ether oxygens (including phenoxy) is 1. The summed E-state index contributed by atoms with van der Waals surface area (Å²) in [5.74, 6) is 0.782. The maximum Gasteiger partial charge on any atom is 0.237 e. The lowest BCUT2D eigenvalue weighted by Crippen LogP contribution is -2.44. The van der Waals surface area contributed by atoms with Crippen molar-refractivity contribution in [1.29, 1.82) is 0 Å². The minimum absolute atomic E-state index is 0.0857. The Labute approximate surface area is 109 Å². The second-order valence-corrected chi connectivity index (χ2v) is 4.78. The van der Waals surface area contributed by atoms with E-state index in [0.717, 1.165) is 11.3 Å². The van der Waals surface area contributed by atoms with Gasteiger partial charge in [0.15, 0.2) is 0 Å². The highest BCUT2D eigenvalue weighted by atomic mass is 16.5. The zero-order chi connectivity index (χ0) is 13.7. The first kappa shape index (κ1) is 14.5. The van der Waals surface area contributed by atoms with Crippen LogP contribution in [0.3, 0.4) is 0 Å². The molecule has 18 heavy (non-hydrogen) atoms. The molecule has 100 valence electrons. The Kier molecular flexibility index (Phi) is 5.16. The van der Waals surface area contributed by atoms with Crippen molar-refractivity contribution in [2.24, 2.45) is 11.7 Å². The average Bonchev–Trinajstić information content (AvgIpc) is 2.37. The summed E-state index contributed by atoms with van der Waals surface area (Å²) in [6.07, 6.45) is 0. The molecule has 1 amide bonds. The van der Waals surface area contributed by atoms with Crippen molar-refractivity contribution in [3.63, 3.8) is 0 Å². The molecule has 0 bridgehead atoms. The Bertz CT molecular complexity index is 405. The van der Waals surface area contributed by atoms with Gasteiger partial charge in [0.05, 0.1) is 19.2 Å². The van der Waals surface area contributed by atoms with Crippen LogP contribution in [0.4, 0.5) is 0 Å². The highest BCUT2D eigenvalue weighted by Gasteiger charge is 2.19. The zero-order valence-electron chi connectivity index (χ0n) is 11.4. The lowest BCUT2D eigenvalue weighted by atomic mass is 10.0. The molecule has 0 aromatic heterocycles. The Hall–Kier alpha value is -1.55. The van der Waals surface area contributed by atoms with Gasteiger partial charge in [0.2, 0.25) is 5.91 Å². The van der Waals surface area contributed by atoms with Gasteiger partial charge in [-0.25, -0.2) is 0 Å². The lowest BCUT2D eigenvalue weighted by molar-refractivity contribution is -0.123. The van der Waals surface area contributed by atoms with Crippen molar-refractivity contribution >= 4 is 5.91 Å². The predicted molar refractivity (Wildman–Crippen MR) is 72.4 cm³/mol. The molecule has 0 aliphatic heterocycles. The summed E-state index contributed by atoms with van der Waals surface area (Å²) in [6.45, 7) is 5.79. The van der Waals surface area contributed by atoms with Crippen LogP contribution >= 0.6 is 0 Å². The molecule has 0 aliphatic rings. The van der Waals surface area contributed by atoms with Gasteiger partial charge in [-0.05, 0) is 30.5 Å². The second kappa shape index (κ2) is 6.40. The molecule has 1 aromatic carbocycles. The third kappa shape index (κ3) is 3.74. The molecule has 0 heterocycles. The van der Waals surface area contributed by atoms with E-state index in [4.69, 9.17) is 10.5 Å². The van der Waals surface area contributed by atoms with Gasteiger partial charge >= 0.3 is 0 Å². The minimum atomic E-state index is -0.474. The Morgan fingerprint density at radius 3 is 2.56 bits per heavy atom. The molecule has 0 aliphatic carbocycles. The second-order valence-electron chi connectivity index (χ2n) is 4.78. The van der Waals surface area contributed by atoms with E-state index in [1.807, 2.05) is 45.0 Å². The summed E-state index contributed by atoms with van der Waals surface area (Å²) in [7, 11) is 1.62. The van der Waals surface area contributed by atoms with Crippen molar-refractivity contribution < 1.29 is 9.53 Å². The summed E-state index contributed by atoms with van der Waals surface area (Å²) in [4.78, 5) is 11.9. The van der Waals surface area contributed by atoms with E-state index in [-0.39, 0.29) is 17.9 Å². The number of hydrogen-bond donors (Lipinski definition) is 2. The standard InChI is InChI=1S/C14H22N2O2/c1-9(2)13(15)14(17)16-10(3)11-6-5-7-12(8-11)18-4/h5-10,13H,15H2,1-4H3,(H,16,17)/t10-,13+/m0/s1. The van der Waals surface area contributed by atoms with Crippen molar-refractivity contribution in [2.75, 3.05) is 7.11 Å². The van der Waals surface area contributed by atoms with E-state index >= 15 is 0 Å². The molecule has 3 N–H and O–H groups in total. The van der Waals surface area contributed by atoms with Crippen LogP contribution in [0.25, 0.3) is 0 Å². The number of benzene rings is 1. The normalized spacial score (nSPS) is 14.1. The number of amides is 1. The highest BCUT2D eigenvalue weighted by Crippen LogP contribution is 2.18. The molecule has 2 atom stereocenters. The minimum Gasteiger partial charge on any atom is -0.497 e. The van der Waals surface area contributed by atoms with Crippen LogP contribution in [0.15, 0.2) is 24.3 Å². The van der Waals surface area contributed by atoms with Gasteiger partial charge in [-0.15, -0.1) is 0 Å². The fraction of sp³-hybridized carbons (Fsp3) is 0.500. The molecule has 1 rings (SSSR count). The third-order valence-corrected chi connectivity index (χ3v) is 2.97. The Balaban J connectivity index is 2.70. The molecular formula is C14H22N2O2. The number of nitrogens with one attached hydrogen (secondary N) is 1. The molecule has 4 heteroatoms. The first-order chi connectivity index (χ1) is 8.45. The number of methoxy groups -OCH3 is 1. The van der Waals surface area contributed by atoms with Crippen LogP contribution in [-0.4, -0.2) is 19.1 Å². The first-order valence-electron chi connectivity index (χ1n) is 6.15. The number of carbonyl (C=O) groups is 1. The average molecular weight is 250 g/mol. The maximum atomic E-state index is 11.9. The molecule has 4 nitrogen and oxygen atoms in total. The van der Waals surface area contributed by atoms with Crippen molar-refractivity contribution in [2.45, 2.75) is 32.9 Å². The van der Waals surface area contributed by atoms with Gasteiger partial charge in [-0.3, -0.25) is 4.79 Å². The number of carbonyl (C=O) groups excluding carboxylic acids is 1. The summed E-state index contributed by atoms with van der Waals surface area (Å²) in [6, 6.07) is 7.08. The molecular weight excluding hydrogens is 228 g/mol. The molecule has 0 unspecified atom stereocenters. The summed E-state index contributed by atoms with van der Waals surface area (Å²) >= 11 is 0. The summed E-state index contributed by atoms with van der Waals surface area (Å²) in [5.41, 5.74) is 6.80. The Morgan fingerprint density at radius 1 is 1.33 bits per heavy atom. The molecule has 0 spiro atoms. The first-order valence-corrected chi connectivity index (χ1v) is 6.15. The van der Waals surface area contributed by atoms with E-state index in [0.29, 0.717) is 0 Å².